The SMILES string of the molecule is CCOC(C)CN1C[C@H]2C[C@@H]1CO2. The van der Waals surface area contributed by atoms with Gasteiger partial charge in [-0.25, -0.2) is 0 Å². The van der Waals surface area contributed by atoms with Crippen molar-refractivity contribution in [3.8, 4) is 0 Å². The number of fused-ring (bicyclic) bond motifs is 2. The molecule has 0 aromatic carbocycles. The minimum atomic E-state index is 0.365. The Kier molecular flexibility index (Phi) is 2.86. The normalized spacial score (nSPS) is 35.5. The predicted molar refractivity (Wildman–Crippen MR) is 50.8 cm³/mol. The molecule has 0 N–H and O–H groups in total. The van der Waals surface area contributed by atoms with E-state index in [0.29, 0.717) is 18.2 Å². The molecule has 0 aliphatic carbocycles. The zero-order chi connectivity index (χ0) is 9.26. The first-order chi connectivity index (χ1) is 6.29. The topological polar surface area (TPSA) is 21.7 Å². The maximum atomic E-state index is 5.54. The first-order valence-electron chi connectivity index (χ1n) is 5.27. The van der Waals surface area contributed by atoms with E-state index in [-0.39, 0.29) is 0 Å². The van der Waals surface area contributed by atoms with Crippen LogP contribution in [0.2, 0.25) is 0 Å². The van der Waals surface area contributed by atoms with Gasteiger partial charge < -0.3 is 9.47 Å². The number of hydrogen-bond acceptors (Lipinski definition) is 3. The van der Waals surface area contributed by atoms with E-state index in [1.807, 2.05) is 0 Å². The van der Waals surface area contributed by atoms with Gasteiger partial charge in [-0.1, -0.05) is 0 Å². The fraction of sp³-hybridized carbons (Fsp3) is 1.00. The van der Waals surface area contributed by atoms with Crippen molar-refractivity contribution in [2.45, 2.75) is 38.5 Å². The Labute approximate surface area is 80.0 Å². The molecule has 0 radical (unpaired) electrons. The Balaban J connectivity index is 1.76. The smallest absolute Gasteiger partial charge is 0.0718 e. The quantitative estimate of drug-likeness (QED) is 0.649. The third-order valence-corrected chi connectivity index (χ3v) is 2.96. The molecule has 1 unspecified atom stereocenters. The molecular weight excluding hydrogens is 166 g/mol. The van der Waals surface area contributed by atoms with Crippen molar-refractivity contribution in [2.24, 2.45) is 0 Å². The Morgan fingerprint density at radius 1 is 1.62 bits per heavy atom. The number of likely N-dealkylation sites (tertiary alicyclic amines) is 1. The van der Waals surface area contributed by atoms with Crippen LogP contribution in [0.4, 0.5) is 0 Å². The fourth-order valence-electron chi connectivity index (χ4n) is 2.37. The van der Waals surface area contributed by atoms with Crippen molar-refractivity contribution in [1.82, 2.24) is 4.90 Å². The van der Waals surface area contributed by atoms with Crippen LogP contribution in [0.1, 0.15) is 20.3 Å². The molecular formula is C10H19NO2. The number of nitrogens with zero attached hydrogens (tertiary/aromatic N) is 1. The van der Waals surface area contributed by atoms with Crippen molar-refractivity contribution in [3.63, 3.8) is 0 Å². The van der Waals surface area contributed by atoms with Crippen LogP contribution >= 0.6 is 0 Å². The van der Waals surface area contributed by atoms with E-state index in [1.54, 1.807) is 0 Å². The van der Waals surface area contributed by atoms with E-state index in [2.05, 4.69) is 18.7 Å². The van der Waals surface area contributed by atoms with Gasteiger partial charge in [0.2, 0.25) is 0 Å². The van der Waals surface area contributed by atoms with Crippen molar-refractivity contribution in [3.05, 3.63) is 0 Å². The minimum Gasteiger partial charge on any atom is -0.377 e. The highest BCUT2D eigenvalue weighted by molar-refractivity contribution is 4.91. The molecule has 2 aliphatic heterocycles. The van der Waals surface area contributed by atoms with Gasteiger partial charge in [-0.2, -0.15) is 0 Å². The molecule has 2 bridgehead atoms. The second kappa shape index (κ2) is 3.95. The van der Waals surface area contributed by atoms with Gasteiger partial charge in [-0.3, -0.25) is 4.90 Å². The van der Waals surface area contributed by atoms with Gasteiger partial charge in [0.15, 0.2) is 0 Å². The zero-order valence-electron chi connectivity index (χ0n) is 8.53. The molecule has 0 aromatic rings. The molecule has 2 aliphatic rings. The van der Waals surface area contributed by atoms with Gasteiger partial charge in [0.25, 0.3) is 0 Å². The summed E-state index contributed by atoms with van der Waals surface area (Å²) >= 11 is 0. The van der Waals surface area contributed by atoms with Crippen LogP contribution in [-0.2, 0) is 9.47 Å². The van der Waals surface area contributed by atoms with E-state index in [1.165, 1.54) is 6.42 Å². The second-order valence-electron chi connectivity index (χ2n) is 4.06. The summed E-state index contributed by atoms with van der Waals surface area (Å²) < 4.78 is 11.1. The Hall–Kier alpha value is -0.120. The Morgan fingerprint density at radius 2 is 2.46 bits per heavy atom. The van der Waals surface area contributed by atoms with Crippen LogP contribution in [-0.4, -0.2) is 49.5 Å². The number of hydrogen-bond donors (Lipinski definition) is 0. The molecule has 13 heavy (non-hydrogen) atoms. The summed E-state index contributed by atoms with van der Waals surface area (Å²) in [6.07, 6.45) is 2.11. The third kappa shape index (κ3) is 2.03. The molecule has 0 amide bonds. The third-order valence-electron chi connectivity index (χ3n) is 2.96. The average molecular weight is 185 g/mol. The van der Waals surface area contributed by atoms with E-state index >= 15 is 0 Å². The monoisotopic (exact) mass is 185 g/mol. The van der Waals surface area contributed by atoms with Crippen molar-refractivity contribution < 1.29 is 9.47 Å². The maximum Gasteiger partial charge on any atom is 0.0718 e. The summed E-state index contributed by atoms with van der Waals surface area (Å²) in [5.41, 5.74) is 0. The average Bonchev–Trinajstić information content (AvgIpc) is 2.65. The van der Waals surface area contributed by atoms with Crippen LogP contribution < -0.4 is 0 Å². The summed E-state index contributed by atoms with van der Waals surface area (Å²) in [6, 6.07) is 0.674. The highest BCUT2D eigenvalue weighted by atomic mass is 16.5. The first kappa shape index (κ1) is 9.44. The predicted octanol–water partition coefficient (Wildman–Crippen LogP) is 0.885. The molecule has 3 atom stereocenters. The number of rotatable bonds is 4. The van der Waals surface area contributed by atoms with Gasteiger partial charge in [0.05, 0.1) is 18.8 Å². The van der Waals surface area contributed by atoms with E-state index in [4.69, 9.17) is 9.47 Å². The summed E-state index contributed by atoms with van der Waals surface area (Å²) in [5.74, 6) is 0. The summed E-state index contributed by atoms with van der Waals surface area (Å²) in [4.78, 5) is 2.51. The summed E-state index contributed by atoms with van der Waals surface area (Å²) in [6.45, 7) is 8.13. The standard InChI is InChI=1S/C10H19NO2/c1-3-12-8(2)5-11-6-10-4-9(11)7-13-10/h8-10H,3-7H2,1-2H3/t8?,9-,10-/m1/s1. The first-order valence-corrected chi connectivity index (χ1v) is 5.27. The van der Waals surface area contributed by atoms with E-state index in [0.717, 1.165) is 26.3 Å². The van der Waals surface area contributed by atoms with Crippen molar-refractivity contribution in [2.75, 3.05) is 26.3 Å². The highest BCUT2D eigenvalue weighted by Crippen LogP contribution is 2.27. The van der Waals surface area contributed by atoms with Crippen LogP contribution in [0.5, 0.6) is 0 Å². The molecule has 0 aromatic heterocycles. The molecule has 2 rings (SSSR count). The van der Waals surface area contributed by atoms with Crippen molar-refractivity contribution in [1.29, 1.82) is 0 Å². The number of ether oxygens (including phenoxy) is 2. The van der Waals surface area contributed by atoms with Gasteiger partial charge in [0.1, 0.15) is 0 Å². The van der Waals surface area contributed by atoms with Crippen LogP contribution in [0.25, 0.3) is 0 Å². The van der Waals surface area contributed by atoms with Gasteiger partial charge in [0, 0.05) is 25.7 Å². The molecule has 3 heteroatoms. The van der Waals surface area contributed by atoms with E-state index in [9.17, 15) is 0 Å². The van der Waals surface area contributed by atoms with E-state index < -0.39 is 0 Å². The molecule has 0 saturated carbocycles. The number of morpholine rings is 1. The maximum absolute atomic E-state index is 5.54. The largest absolute Gasteiger partial charge is 0.377 e. The van der Waals surface area contributed by atoms with Crippen LogP contribution in [0, 0.1) is 0 Å². The molecule has 3 nitrogen and oxygen atoms in total. The lowest BCUT2D eigenvalue weighted by Gasteiger charge is -2.28. The summed E-state index contributed by atoms with van der Waals surface area (Å²) in [7, 11) is 0. The fourth-order valence-corrected chi connectivity index (χ4v) is 2.37. The molecule has 2 saturated heterocycles. The van der Waals surface area contributed by atoms with Gasteiger partial charge in [-0.05, 0) is 20.3 Å². The lowest BCUT2D eigenvalue weighted by atomic mass is 10.2. The second-order valence-corrected chi connectivity index (χ2v) is 4.06. The Bertz CT molecular complexity index is 174. The van der Waals surface area contributed by atoms with Crippen LogP contribution in [0.3, 0.4) is 0 Å². The zero-order valence-corrected chi connectivity index (χ0v) is 8.53. The lowest BCUT2D eigenvalue weighted by molar-refractivity contribution is -0.00539. The minimum absolute atomic E-state index is 0.365. The summed E-state index contributed by atoms with van der Waals surface area (Å²) in [5, 5.41) is 0. The molecule has 76 valence electrons. The molecule has 0 spiro atoms. The van der Waals surface area contributed by atoms with Crippen molar-refractivity contribution >= 4 is 0 Å². The van der Waals surface area contributed by atoms with Gasteiger partial charge in [-0.15, -0.1) is 0 Å². The Morgan fingerprint density at radius 3 is 3.00 bits per heavy atom. The highest BCUT2D eigenvalue weighted by Gasteiger charge is 2.39. The molecule has 2 fully saturated rings. The lowest BCUT2D eigenvalue weighted by Crippen LogP contribution is -2.41. The molecule has 2 heterocycles. The van der Waals surface area contributed by atoms with Gasteiger partial charge >= 0.3 is 0 Å². The van der Waals surface area contributed by atoms with Crippen LogP contribution in [0.15, 0.2) is 0 Å².